The van der Waals surface area contributed by atoms with E-state index in [1.54, 1.807) is 12.1 Å². The number of carbonyl (C=O) groups excluding carboxylic acids is 1. The normalized spacial score (nSPS) is 13.5. The molecule has 112 valence electrons. The van der Waals surface area contributed by atoms with Crippen LogP contribution in [0.15, 0.2) is 55.1 Å². The summed E-state index contributed by atoms with van der Waals surface area (Å²) in [5.74, 6) is 1.25. The highest BCUT2D eigenvalue weighted by Gasteiger charge is 2.18. The van der Waals surface area contributed by atoms with Crippen molar-refractivity contribution >= 4 is 12.0 Å². The third kappa shape index (κ3) is 2.96. The van der Waals surface area contributed by atoms with Crippen LogP contribution in [0.1, 0.15) is 15.9 Å². The molecule has 1 aliphatic rings. The Balaban J connectivity index is 1.81. The topological polar surface area (TPSA) is 47.6 Å². The van der Waals surface area contributed by atoms with E-state index in [0.29, 0.717) is 17.1 Å². The van der Waals surface area contributed by atoms with Crippen LogP contribution >= 0.6 is 0 Å². The summed E-state index contributed by atoms with van der Waals surface area (Å²) in [5, 5.41) is 3.34. The second-order valence-corrected chi connectivity index (χ2v) is 5.09. The van der Waals surface area contributed by atoms with E-state index in [1.165, 1.54) is 5.56 Å². The quantitative estimate of drug-likeness (QED) is 0.655. The number of anilines is 1. The van der Waals surface area contributed by atoms with Crippen LogP contribution in [0, 0.1) is 0 Å². The van der Waals surface area contributed by atoms with E-state index < -0.39 is 0 Å². The second kappa shape index (κ2) is 6.35. The number of nitrogens with one attached hydrogen (secondary N) is 1. The average Bonchev–Trinajstić information content (AvgIpc) is 3.01. The molecule has 1 atom stereocenters. The first kappa shape index (κ1) is 14.2. The molecule has 0 saturated carbocycles. The van der Waals surface area contributed by atoms with Gasteiger partial charge in [-0.3, -0.25) is 4.79 Å². The summed E-state index contributed by atoms with van der Waals surface area (Å²) in [6, 6.07) is 13.6. The maximum absolute atomic E-state index is 11.3. The van der Waals surface area contributed by atoms with Crippen molar-refractivity contribution in [2.24, 2.45) is 0 Å². The molecule has 0 saturated heterocycles. The van der Waals surface area contributed by atoms with Crippen LogP contribution in [-0.4, -0.2) is 19.1 Å². The summed E-state index contributed by atoms with van der Waals surface area (Å²) < 4.78 is 10.7. The molecule has 0 fully saturated rings. The van der Waals surface area contributed by atoms with Crippen LogP contribution in [0.4, 0.5) is 5.69 Å². The van der Waals surface area contributed by atoms with Crippen molar-refractivity contribution < 1.29 is 14.3 Å². The molecular weight excluding hydrogens is 278 g/mol. The zero-order valence-electron chi connectivity index (χ0n) is 12.1. The Labute approximate surface area is 129 Å². The molecule has 0 spiro atoms. The lowest BCUT2D eigenvalue weighted by molar-refractivity contribution is 0.112. The Kier molecular flexibility index (Phi) is 4.10. The van der Waals surface area contributed by atoms with Gasteiger partial charge in [-0.1, -0.05) is 36.4 Å². The second-order valence-electron chi connectivity index (χ2n) is 5.09. The molecule has 0 radical (unpaired) electrons. The van der Waals surface area contributed by atoms with Gasteiger partial charge >= 0.3 is 0 Å². The minimum Gasteiger partial charge on any atom is -0.454 e. The summed E-state index contributed by atoms with van der Waals surface area (Å²) in [7, 11) is 0. The van der Waals surface area contributed by atoms with Gasteiger partial charge < -0.3 is 14.8 Å². The van der Waals surface area contributed by atoms with E-state index in [9.17, 15) is 4.79 Å². The summed E-state index contributed by atoms with van der Waals surface area (Å²) in [6.45, 7) is 4.06. The van der Waals surface area contributed by atoms with Crippen molar-refractivity contribution in [1.29, 1.82) is 0 Å². The first-order chi connectivity index (χ1) is 10.8. The third-order valence-corrected chi connectivity index (χ3v) is 3.60. The standard InChI is InChI=1S/C18H17NO3/c1-2-15(8-13-6-4-3-5-7-13)19-16-10-18-17(21-12-22-18)9-14(16)11-20/h2-7,9-11,15,19H,1,8,12H2/t15-/m0/s1. The lowest BCUT2D eigenvalue weighted by atomic mass is 10.0. The third-order valence-electron chi connectivity index (χ3n) is 3.60. The molecule has 0 aromatic heterocycles. The fourth-order valence-electron chi connectivity index (χ4n) is 2.44. The van der Waals surface area contributed by atoms with Crippen molar-refractivity contribution in [2.75, 3.05) is 12.1 Å². The molecule has 22 heavy (non-hydrogen) atoms. The smallest absolute Gasteiger partial charge is 0.231 e. The monoisotopic (exact) mass is 295 g/mol. The number of rotatable bonds is 6. The van der Waals surface area contributed by atoms with Crippen LogP contribution in [0.25, 0.3) is 0 Å². The molecule has 2 aromatic carbocycles. The van der Waals surface area contributed by atoms with Crippen LogP contribution in [0.2, 0.25) is 0 Å². The molecule has 1 N–H and O–H groups in total. The number of aldehydes is 1. The molecule has 0 bridgehead atoms. The molecule has 3 rings (SSSR count). The molecular formula is C18H17NO3. The van der Waals surface area contributed by atoms with Gasteiger partial charge in [-0.2, -0.15) is 0 Å². The van der Waals surface area contributed by atoms with Gasteiger partial charge in [0.05, 0.1) is 0 Å². The summed E-state index contributed by atoms with van der Waals surface area (Å²) in [5.41, 5.74) is 2.47. The molecule has 0 unspecified atom stereocenters. The zero-order valence-corrected chi connectivity index (χ0v) is 12.1. The van der Waals surface area contributed by atoms with Gasteiger partial charge in [-0.15, -0.1) is 6.58 Å². The first-order valence-electron chi connectivity index (χ1n) is 7.12. The number of carbonyl (C=O) groups is 1. The number of benzene rings is 2. The fourth-order valence-corrected chi connectivity index (χ4v) is 2.44. The van der Waals surface area contributed by atoms with Gasteiger partial charge in [0.25, 0.3) is 0 Å². The van der Waals surface area contributed by atoms with Gasteiger partial charge in [0, 0.05) is 23.4 Å². The largest absolute Gasteiger partial charge is 0.454 e. The van der Waals surface area contributed by atoms with Crippen molar-refractivity contribution in [1.82, 2.24) is 0 Å². The Morgan fingerprint density at radius 1 is 1.18 bits per heavy atom. The van der Waals surface area contributed by atoms with Crippen molar-refractivity contribution in [3.8, 4) is 11.5 Å². The highest BCUT2D eigenvalue weighted by atomic mass is 16.7. The van der Waals surface area contributed by atoms with Crippen molar-refractivity contribution in [2.45, 2.75) is 12.5 Å². The first-order valence-corrected chi connectivity index (χ1v) is 7.12. The number of hydrogen-bond donors (Lipinski definition) is 1. The van der Waals surface area contributed by atoms with Gasteiger partial charge in [0.15, 0.2) is 17.8 Å². The van der Waals surface area contributed by atoms with Crippen LogP contribution < -0.4 is 14.8 Å². The van der Waals surface area contributed by atoms with Crippen LogP contribution in [-0.2, 0) is 6.42 Å². The Morgan fingerprint density at radius 2 is 1.91 bits per heavy atom. The Hall–Kier alpha value is -2.75. The predicted octanol–water partition coefficient (Wildman–Crippen LogP) is 3.44. The highest BCUT2D eigenvalue weighted by molar-refractivity contribution is 5.86. The number of hydrogen-bond acceptors (Lipinski definition) is 4. The minimum absolute atomic E-state index is 0.0153. The summed E-state index contributed by atoms with van der Waals surface area (Å²) in [6.07, 6.45) is 3.44. The van der Waals surface area contributed by atoms with Gasteiger partial charge in [0.2, 0.25) is 6.79 Å². The lowest BCUT2D eigenvalue weighted by Crippen LogP contribution is -2.20. The molecule has 1 aliphatic heterocycles. The molecule has 4 heteroatoms. The number of fused-ring (bicyclic) bond motifs is 1. The van der Waals surface area contributed by atoms with Gasteiger partial charge in [0.1, 0.15) is 0 Å². The Morgan fingerprint density at radius 3 is 2.59 bits per heavy atom. The molecule has 0 amide bonds. The van der Waals surface area contributed by atoms with Gasteiger partial charge in [-0.25, -0.2) is 0 Å². The molecule has 0 aliphatic carbocycles. The van der Waals surface area contributed by atoms with E-state index in [4.69, 9.17) is 9.47 Å². The zero-order chi connectivity index (χ0) is 15.4. The summed E-state index contributed by atoms with van der Waals surface area (Å²) >= 11 is 0. The lowest BCUT2D eigenvalue weighted by Gasteiger charge is -2.18. The van der Waals surface area contributed by atoms with Crippen LogP contribution in [0.3, 0.4) is 0 Å². The fraction of sp³-hybridized carbons (Fsp3) is 0.167. The van der Waals surface area contributed by atoms with Crippen molar-refractivity contribution in [3.63, 3.8) is 0 Å². The minimum atomic E-state index is 0.0153. The van der Waals surface area contributed by atoms with E-state index in [0.717, 1.165) is 18.4 Å². The predicted molar refractivity (Wildman–Crippen MR) is 85.7 cm³/mol. The summed E-state index contributed by atoms with van der Waals surface area (Å²) in [4.78, 5) is 11.3. The van der Waals surface area contributed by atoms with Gasteiger partial charge in [-0.05, 0) is 18.1 Å². The average molecular weight is 295 g/mol. The number of ether oxygens (including phenoxy) is 2. The van der Waals surface area contributed by atoms with E-state index in [1.807, 2.05) is 24.3 Å². The molecule has 2 aromatic rings. The van der Waals surface area contributed by atoms with E-state index >= 15 is 0 Å². The maximum atomic E-state index is 11.3. The Bertz CT molecular complexity index is 682. The van der Waals surface area contributed by atoms with E-state index in [-0.39, 0.29) is 12.8 Å². The maximum Gasteiger partial charge on any atom is 0.231 e. The van der Waals surface area contributed by atoms with E-state index in [2.05, 4.69) is 24.0 Å². The SMILES string of the molecule is C=C[C@@H](Cc1ccccc1)Nc1cc2c(cc1C=O)OCO2. The van der Waals surface area contributed by atoms with Crippen LogP contribution in [0.5, 0.6) is 11.5 Å². The van der Waals surface area contributed by atoms with Crippen molar-refractivity contribution in [3.05, 3.63) is 66.2 Å². The molecule has 4 nitrogen and oxygen atoms in total. The highest BCUT2D eigenvalue weighted by Crippen LogP contribution is 2.36. The molecule has 1 heterocycles.